The molecule has 0 saturated heterocycles. The van der Waals surface area contributed by atoms with Crippen molar-refractivity contribution in [2.45, 2.75) is 23.2 Å². The van der Waals surface area contributed by atoms with Gasteiger partial charge in [0.25, 0.3) is 5.91 Å². The topological polar surface area (TPSA) is 158 Å². The third-order valence-corrected chi connectivity index (χ3v) is 8.37. The molecule has 4 rings (SSSR count). The Balaban J connectivity index is 1.47. The number of sulfonamides is 1. The molecule has 194 valence electrons. The number of rotatable bonds is 11. The zero-order valence-electron chi connectivity index (χ0n) is 19.9. The lowest BCUT2D eigenvalue weighted by Gasteiger charge is -2.16. The van der Waals surface area contributed by atoms with Crippen LogP contribution in [0.1, 0.15) is 17.3 Å². The summed E-state index contributed by atoms with van der Waals surface area (Å²) in [6.45, 7) is -0.150. The van der Waals surface area contributed by atoms with E-state index in [1.54, 1.807) is 48.1 Å². The largest absolute Gasteiger partial charge is 0.493 e. The molecule has 1 aromatic carbocycles. The second-order valence-electron chi connectivity index (χ2n) is 7.73. The van der Waals surface area contributed by atoms with Crippen molar-refractivity contribution in [1.82, 2.24) is 30.2 Å². The van der Waals surface area contributed by atoms with Crippen LogP contribution in [0.5, 0.6) is 11.5 Å². The summed E-state index contributed by atoms with van der Waals surface area (Å²) in [4.78, 5) is 17.4. The number of hydrogen-bond donors (Lipinski definition) is 3. The van der Waals surface area contributed by atoms with Gasteiger partial charge in [0.15, 0.2) is 11.5 Å². The molecule has 1 atom stereocenters. The molecule has 0 radical (unpaired) electrons. The summed E-state index contributed by atoms with van der Waals surface area (Å²) >= 11 is 1.10. The molecule has 37 heavy (non-hydrogen) atoms. The van der Waals surface area contributed by atoms with Crippen LogP contribution < -0.4 is 19.7 Å². The summed E-state index contributed by atoms with van der Waals surface area (Å²) < 4.78 is 40.0. The van der Waals surface area contributed by atoms with Gasteiger partial charge >= 0.3 is 0 Å². The molecular weight excluding hydrogens is 520 g/mol. The lowest BCUT2D eigenvalue weighted by Crippen LogP contribution is -2.32. The number of carbonyl (C=O) groups is 1. The Bertz CT molecular complexity index is 1470. The van der Waals surface area contributed by atoms with Gasteiger partial charge < -0.3 is 9.47 Å². The highest BCUT2D eigenvalue weighted by Gasteiger charge is 2.24. The number of carbonyl (C=O) groups excluding carboxylic acids is 1. The molecule has 3 aromatic heterocycles. The van der Waals surface area contributed by atoms with E-state index in [9.17, 15) is 18.4 Å². The molecule has 3 N–H and O–H groups in total. The van der Waals surface area contributed by atoms with Crippen LogP contribution in [0.4, 0.5) is 0 Å². The fourth-order valence-corrected chi connectivity index (χ4v) is 5.84. The van der Waals surface area contributed by atoms with E-state index in [0.29, 0.717) is 22.8 Å². The molecule has 14 heteroatoms. The second-order valence-corrected chi connectivity index (χ2v) is 10.8. The molecule has 0 unspecified atom stereocenters. The molecule has 4 aromatic rings. The van der Waals surface area contributed by atoms with Gasteiger partial charge in [-0.3, -0.25) is 15.0 Å². The van der Waals surface area contributed by atoms with Crippen LogP contribution in [0.25, 0.3) is 10.6 Å². The van der Waals surface area contributed by atoms with E-state index in [0.717, 1.165) is 16.2 Å². The van der Waals surface area contributed by atoms with Crippen molar-refractivity contribution in [3.8, 4) is 22.1 Å². The van der Waals surface area contributed by atoms with Crippen LogP contribution in [0, 0.1) is 0 Å². The number of methoxy groups -OCH3 is 2. The summed E-state index contributed by atoms with van der Waals surface area (Å²) in [5.41, 5.74) is 3.32. The van der Waals surface area contributed by atoms with Gasteiger partial charge in [-0.05, 0) is 42.0 Å². The number of aromatic nitrogens is 4. The van der Waals surface area contributed by atoms with Crippen molar-refractivity contribution in [2.75, 3.05) is 14.2 Å². The normalized spacial score (nSPS) is 12.2. The van der Waals surface area contributed by atoms with E-state index in [1.807, 2.05) is 6.07 Å². The summed E-state index contributed by atoms with van der Waals surface area (Å²) in [5, 5.41) is 17.2. The number of hydrogen-bond acceptors (Lipinski definition) is 10. The highest BCUT2D eigenvalue weighted by atomic mass is 32.2. The number of pyridine rings is 1. The Morgan fingerprint density at radius 3 is 2.65 bits per heavy atom. The molecule has 1 amide bonds. The third kappa shape index (κ3) is 6.11. The Hall–Kier alpha value is -3.85. The van der Waals surface area contributed by atoms with Gasteiger partial charge in [0.05, 0.1) is 43.2 Å². The SMILES string of the molecule is COc1ccc(C[C@@H](C(=O)NO)n2cc(CNS(=O)(=O)c3ccc(-c4ccccn4)s3)nn2)cc1OC. The quantitative estimate of drug-likeness (QED) is 0.190. The van der Waals surface area contributed by atoms with E-state index in [-0.39, 0.29) is 22.9 Å². The molecule has 0 saturated carbocycles. The average Bonchev–Trinajstić information content (AvgIpc) is 3.61. The van der Waals surface area contributed by atoms with Crippen molar-refractivity contribution in [3.05, 3.63) is 72.2 Å². The summed E-state index contributed by atoms with van der Waals surface area (Å²) in [5.74, 6) is 0.298. The van der Waals surface area contributed by atoms with Crippen LogP contribution in [0.3, 0.4) is 0 Å². The minimum atomic E-state index is -3.82. The summed E-state index contributed by atoms with van der Waals surface area (Å²) in [6, 6.07) is 12.8. The Morgan fingerprint density at radius 1 is 1.14 bits per heavy atom. The second kappa shape index (κ2) is 11.5. The Morgan fingerprint density at radius 2 is 1.95 bits per heavy atom. The van der Waals surface area contributed by atoms with Gasteiger partial charge in [0.2, 0.25) is 10.0 Å². The first-order chi connectivity index (χ1) is 17.8. The van der Waals surface area contributed by atoms with E-state index < -0.39 is 22.0 Å². The standard InChI is InChI=1S/C23H24N6O6S2/c1-34-19-7-6-15(12-20(19)35-2)11-18(23(30)27-31)29-14-16(26-28-29)13-25-37(32,33)22-9-8-21(36-22)17-5-3-4-10-24-17/h3-10,12,14,18,25,31H,11,13H2,1-2H3,(H,27,30)/t18-/m0/s1. The van der Waals surface area contributed by atoms with Gasteiger partial charge in [0.1, 0.15) is 10.3 Å². The zero-order valence-corrected chi connectivity index (χ0v) is 21.5. The minimum absolute atomic E-state index is 0.131. The van der Waals surface area contributed by atoms with Crippen molar-refractivity contribution in [1.29, 1.82) is 0 Å². The number of nitrogens with one attached hydrogen (secondary N) is 2. The summed E-state index contributed by atoms with van der Waals surface area (Å²) in [6.07, 6.45) is 3.23. The fourth-order valence-electron chi connectivity index (χ4n) is 3.51. The maximum Gasteiger partial charge on any atom is 0.268 e. The minimum Gasteiger partial charge on any atom is -0.493 e. The maximum atomic E-state index is 12.8. The highest BCUT2D eigenvalue weighted by Crippen LogP contribution is 2.30. The van der Waals surface area contributed by atoms with Gasteiger partial charge in [-0.2, -0.15) is 0 Å². The number of amides is 1. The molecule has 0 aliphatic rings. The fraction of sp³-hybridized carbons (Fsp3) is 0.217. The van der Waals surface area contributed by atoms with Gasteiger partial charge in [-0.1, -0.05) is 17.3 Å². The summed E-state index contributed by atoms with van der Waals surface area (Å²) in [7, 11) is -0.806. The monoisotopic (exact) mass is 544 g/mol. The van der Waals surface area contributed by atoms with Gasteiger partial charge in [0, 0.05) is 12.6 Å². The van der Waals surface area contributed by atoms with Crippen LogP contribution in [-0.4, -0.2) is 53.7 Å². The average molecular weight is 545 g/mol. The van der Waals surface area contributed by atoms with E-state index in [4.69, 9.17) is 9.47 Å². The van der Waals surface area contributed by atoms with Crippen molar-refractivity contribution >= 4 is 27.3 Å². The van der Waals surface area contributed by atoms with E-state index in [1.165, 1.54) is 31.2 Å². The van der Waals surface area contributed by atoms with Crippen LogP contribution in [0.2, 0.25) is 0 Å². The Labute approximate surface area is 216 Å². The van der Waals surface area contributed by atoms with Crippen LogP contribution in [-0.2, 0) is 27.8 Å². The highest BCUT2D eigenvalue weighted by molar-refractivity contribution is 7.91. The first kappa shape index (κ1) is 26.2. The lowest BCUT2D eigenvalue weighted by molar-refractivity contribution is -0.133. The number of thiophene rings is 1. The van der Waals surface area contributed by atoms with E-state index >= 15 is 0 Å². The predicted octanol–water partition coefficient (Wildman–Crippen LogP) is 2.19. The molecule has 0 fully saturated rings. The third-order valence-electron chi connectivity index (χ3n) is 5.37. The number of ether oxygens (including phenoxy) is 2. The molecule has 0 bridgehead atoms. The Kier molecular flexibility index (Phi) is 8.13. The smallest absolute Gasteiger partial charge is 0.268 e. The van der Waals surface area contributed by atoms with Crippen molar-refractivity contribution in [2.24, 2.45) is 0 Å². The maximum absolute atomic E-state index is 12.8. The van der Waals surface area contributed by atoms with E-state index in [2.05, 4.69) is 20.0 Å². The molecule has 12 nitrogen and oxygen atoms in total. The van der Waals surface area contributed by atoms with Crippen LogP contribution >= 0.6 is 11.3 Å². The first-order valence-corrected chi connectivity index (χ1v) is 13.2. The number of nitrogens with zero attached hydrogens (tertiary/aromatic N) is 4. The molecule has 0 aliphatic heterocycles. The van der Waals surface area contributed by atoms with Crippen molar-refractivity contribution < 1.29 is 27.9 Å². The zero-order chi connectivity index (χ0) is 26.4. The van der Waals surface area contributed by atoms with Crippen LogP contribution in [0.15, 0.2) is 65.1 Å². The molecule has 0 spiro atoms. The lowest BCUT2D eigenvalue weighted by atomic mass is 10.0. The van der Waals surface area contributed by atoms with Gasteiger partial charge in [-0.25, -0.2) is 23.3 Å². The number of benzene rings is 1. The first-order valence-electron chi connectivity index (χ1n) is 10.9. The number of hydroxylamine groups is 1. The van der Waals surface area contributed by atoms with Gasteiger partial charge in [-0.15, -0.1) is 16.4 Å². The van der Waals surface area contributed by atoms with Crippen molar-refractivity contribution in [3.63, 3.8) is 0 Å². The molecule has 0 aliphatic carbocycles. The predicted molar refractivity (Wildman–Crippen MR) is 134 cm³/mol. The molecule has 3 heterocycles. The molecular formula is C23H24N6O6S2.